The molecule has 3 heterocycles. The van der Waals surface area contributed by atoms with E-state index in [2.05, 4.69) is 21.2 Å². The number of nitrogens with zero attached hydrogens (tertiary/aromatic N) is 1. The summed E-state index contributed by atoms with van der Waals surface area (Å²) >= 11 is 3.18. The van der Waals surface area contributed by atoms with E-state index in [4.69, 9.17) is 18.9 Å². The summed E-state index contributed by atoms with van der Waals surface area (Å²) in [6, 6.07) is 5.18. The average molecular weight is 784 g/mol. The van der Waals surface area contributed by atoms with Gasteiger partial charge in [0.25, 0.3) is 11.6 Å². The highest BCUT2D eigenvalue weighted by Gasteiger charge is 2.54. The Labute approximate surface area is 296 Å². The number of amides is 2. The van der Waals surface area contributed by atoms with Crippen LogP contribution < -0.4 is 5.32 Å². The lowest BCUT2D eigenvalue weighted by Gasteiger charge is -2.26. The molecule has 0 radical (unpaired) electrons. The molecule has 0 bridgehead atoms. The average Bonchev–Trinajstić information content (AvgIpc) is 3.67. The zero-order chi connectivity index (χ0) is 37.8. The Bertz CT molecular complexity index is 1880. The van der Waals surface area contributed by atoms with E-state index in [0.29, 0.717) is 18.2 Å². The van der Waals surface area contributed by atoms with Gasteiger partial charge < -0.3 is 18.9 Å². The van der Waals surface area contributed by atoms with Gasteiger partial charge in [0.05, 0.1) is 0 Å². The van der Waals surface area contributed by atoms with Crippen LogP contribution in [-0.4, -0.2) is 52.1 Å². The molecule has 3 aliphatic heterocycles. The number of halogens is 5. The maximum Gasteiger partial charge on any atom is 0.308 e. The van der Waals surface area contributed by atoms with E-state index in [1.54, 1.807) is 0 Å². The van der Waals surface area contributed by atoms with Crippen LogP contribution in [0.2, 0.25) is 0 Å². The fraction of sp³-hybridized carbons (Fsp3) is 0.353. The highest BCUT2D eigenvalue weighted by atomic mass is 79.9. The van der Waals surface area contributed by atoms with E-state index in [0.717, 1.165) is 50.2 Å². The van der Waals surface area contributed by atoms with Crippen molar-refractivity contribution in [3.8, 4) is 0 Å². The van der Waals surface area contributed by atoms with Gasteiger partial charge in [-0.2, -0.15) is 0 Å². The Morgan fingerprint density at radius 3 is 1.84 bits per heavy atom. The second-order valence-electron chi connectivity index (χ2n) is 11.6. The van der Waals surface area contributed by atoms with E-state index in [-0.39, 0.29) is 42.3 Å². The van der Waals surface area contributed by atoms with Crippen molar-refractivity contribution in [2.24, 2.45) is 0 Å². The van der Waals surface area contributed by atoms with Gasteiger partial charge in [-0.1, -0.05) is 15.9 Å². The minimum Gasteiger partial charge on any atom is -0.456 e. The van der Waals surface area contributed by atoms with Gasteiger partial charge in [-0.25, -0.2) is 17.6 Å². The van der Waals surface area contributed by atoms with Crippen molar-refractivity contribution in [1.82, 2.24) is 10.2 Å². The first kappa shape index (κ1) is 38.7. The summed E-state index contributed by atoms with van der Waals surface area (Å²) in [4.78, 5) is 73.3. The van der Waals surface area contributed by atoms with Gasteiger partial charge in [0.1, 0.15) is 23.3 Å². The monoisotopic (exact) mass is 782 g/mol. The molecule has 2 aromatic carbocycles. The Balaban J connectivity index is 0.000000229. The predicted molar refractivity (Wildman–Crippen MR) is 169 cm³/mol. The molecule has 12 nitrogen and oxygen atoms in total. The molecule has 1 N–H and O–H groups in total. The zero-order valence-corrected chi connectivity index (χ0v) is 29.2. The van der Waals surface area contributed by atoms with Gasteiger partial charge in [-0.3, -0.25) is 39.0 Å². The van der Waals surface area contributed by atoms with Crippen LogP contribution in [0.3, 0.4) is 0 Å². The maximum absolute atomic E-state index is 14.2. The van der Waals surface area contributed by atoms with Crippen LogP contribution in [0.4, 0.5) is 17.6 Å². The Kier molecular flexibility index (Phi) is 11.7. The molecule has 5 rings (SSSR count). The molecule has 0 saturated carbocycles. The van der Waals surface area contributed by atoms with Crippen LogP contribution >= 0.6 is 15.9 Å². The van der Waals surface area contributed by atoms with Crippen LogP contribution in [-0.2, 0) is 58.9 Å². The molecule has 272 valence electrons. The largest absolute Gasteiger partial charge is 0.456 e. The molecule has 0 aliphatic carbocycles. The van der Waals surface area contributed by atoms with Gasteiger partial charge in [0, 0.05) is 49.7 Å². The first-order valence-electron chi connectivity index (χ1n) is 15.3. The molecular formula is C34H31BrF4N2O10. The third-order valence-corrected chi connectivity index (χ3v) is 8.33. The van der Waals surface area contributed by atoms with Crippen molar-refractivity contribution in [3.05, 3.63) is 94.1 Å². The SMILES string of the molecule is CC(=O)OC1=C(N2CCCC2=O)OC(C)(c2cc(F)ccc2F)C1=O.CC(=O)OC1=C(NC(=O)CCCBr)OC(C)(c2cc(F)ccc2F)C1=O. The summed E-state index contributed by atoms with van der Waals surface area (Å²) < 4.78 is 76.3. The van der Waals surface area contributed by atoms with Crippen LogP contribution in [0.15, 0.2) is 59.7 Å². The highest BCUT2D eigenvalue weighted by molar-refractivity contribution is 9.09. The number of ether oxygens (including phenoxy) is 4. The van der Waals surface area contributed by atoms with Gasteiger partial charge in [-0.05, 0) is 63.1 Å². The topological polar surface area (TPSA) is 155 Å². The summed E-state index contributed by atoms with van der Waals surface area (Å²) in [6.45, 7) is 4.86. The summed E-state index contributed by atoms with van der Waals surface area (Å²) in [6.07, 6.45) is 1.42. The fourth-order valence-corrected chi connectivity index (χ4v) is 5.59. The molecule has 0 aromatic heterocycles. The Morgan fingerprint density at radius 1 is 0.843 bits per heavy atom. The number of carbonyl (C=O) groups is 6. The number of benzene rings is 2. The highest BCUT2D eigenvalue weighted by Crippen LogP contribution is 2.43. The summed E-state index contributed by atoms with van der Waals surface area (Å²) in [5.41, 5.74) is -4.66. The van der Waals surface area contributed by atoms with Gasteiger partial charge >= 0.3 is 11.9 Å². The second kappa shape index (κ2) is 15.4. The van der Waals surface area contributed by atoms with Crippen LogP contribution in [0.5, 0.6) is 0 Å². The van der Waals surface area contributed by atoms with Gasteiger partial charge in [-0.15, -0.1) is 0 Å². The lowest BCUT2D eigenvalue weighted by atomic mass is 9.91. The van der Waals surface area contributed by atoms with E-state index < -0.39 is 81.3 Å². The van der Waals surface area contributed by atoms with Crippen LogP contribution in [0, 0.1) is 23.3 Å². The Morgan fingerprint density at radius 2 is 1.35 bits per heavy atom. The molecule has 17 heteroatoms. The molecule has 2 atom stereocenters. The molecule has 1 saturated heterocycles. The number of likely N-dealkylation sites (tertiary alicyclic amines) is 1. The first-order valence-corrected chi connectivity index (χ1v) is 16.4. The molecular weight excluding hydrogens is 752 g/mol. The first-order chi connectivity index (χ1) is 23.9. The smallest absolute Gasteiger partial charge is 0.308 e. The van der Waals surface area contributed by atoms with E-state index in [9.17, 15) is 46.3 Å². The van der Waals surface area contributed by atoms with Gasteiger partial charge in [0.15, 0.2) is 0 Å². The number of alkyl halides is 1. The molecule has 2 unspecified atom stereocenters. The van der Waals surface area contributed by atoms with Crippen LogP contribution in [0.25, 0.3) is 0 Å². The molecule has 2 amide bonds. The van der Waals surface area contributed by atoms with Crippen molar-refractivity contribution >= 4 is 51.2 Å². The quantitative estimate of drug-likeness (QED) is 0.210. The zero-order valence-electron chi connectivity index (χ0n) is 27.6. The second-order valence-corrected chi connectivity index (χ2v) is 12.4. The summed E-state index contributed by atoms with van der Waals surface area (Å²) in [7, 11) is 0. The standard InChI is InChI=1S/C17H16BrF2NO5.C17H15F2NO5/c1-9(22)25-14-15(24)17(2,11-8-10(19)5-6-12(11)20)26-16(14)21-13(23)4-3-7-18;1-9(21)24-14-15(23)17(2,11-8-10(18)5-6-12(11)19)25-16(14)20-7-3-4-13(20)22/h5-6,8H,3-4,7H2,1-2H3,(H,21,23);5-6,8H,3-4,7H2,1-2H3. The minimum atomic E-state index is -1.99. The number of rotatable bonds is 9. The summed E-state index contributed by atoms with van der Waals surface area (Å²) in [5, 5.41) is 2.93. The van der Waals surface area contributed by atoms with Crippen molar-refractivity contribution < 1.29 is 65.3 Å². The molecule has 51 heavy (non-hydrogen) atoms. The van der Waals surface area contributed by atoms with Crippen molar-refractivity contribution in [3.63, 3.8) is 0 Å². The van der Waals surface area contributed by atoms with E-state index in [1.807, 2.05) is 0 Å². The normalized spacial score (nSPS) is 21.3. The number of hydrogen-bond donors (Lipinski definition) is 1. The molecule has 0 spiro atoms. The number of Topliss-reactive ketones (excluding diaryl/α,β-unsaturated/α-hetero) is 2. The minimum absolute atomic E-state index is 0.116. The predicted octanol–water partition coefficient (Wildman–Crippen LogP) is 4.94. The summed E-state index contributed by atoms with van der Waals surface area (Å²) in [5.74, 6) is -9.13. The van der Waals surface area contributed by atoms with E-state index in [1.165, 1.54) is 18.7 Å². The van der Waals surface area contributed by atoms with Gasteiger partial charge in [0.2, 0.25) is 46.3 Å². The fourth-order valence-electron chi connectivity index (χ4n) is 5.31. The number of esters is 2. The third kappa shape index (κ3) is 8.13. The third-order valence-electron chi connectivity index (χ3n) is 7.77. The van der Waals surface area contributed by atoms with Crippen molar-refractivity contribution in [2.45, 2.75) is 64.6 Å². The number of hydrogen-bond acceptors (Lipinski definition) is 10. The molecule has 2 aromatic rings. The van der Waals surface area contributed by atoms with Crippen molar-refractivity contribution in [2.75, 3.05) is 11.9 Å². The number of ketones is 2. The van der Waals surface area contributed by atoms with Crippen molar-refractivity contribution in [1.29, 1.82) is 0 Å². The molecule has 1 fully saturated rings. The lowest BCUT2D eigenvalue weighted by Crippen LogP contribution is -2.34. The Hall–Kier alpha value is -5.06. The number of nitrogens with one attached hydrogen (secondary N) is 1. The molecule has 3 aliphatic rings. The maximum atomic E-state index is 14.2. The lowest BCUT2D eigenvalue weighted by molar-refractivity contribution is -0.142. The number of carbonyl (C=O) groups excluding carboxylic acids is 6. The van der Waals surface area contributed by atoms with E-state index >= 15 is 0 Å². The van der Waals surface area contributed by atoms with Crippen LogP contribution in [0.1, 0.15) is 64.5 Å².